The first kappa shape index (κ1) is 15.8. The Morgan fingerprint density at radius 1 is 1.00 bits per heavy atom. The Morgan fingerprint density at radius 3 is 2.80 bits per heavy atom. The van der Waals surface area contributed by atoms with Gasteiger partial charge in [0.15, 0.2) is 0 Å². The Kier molecular flexibility index (Phi) is 3.99. The van der Waals surface area contributed by atoms with Crippen molar-refractivity contribution in [3.63, 3.8) is 0 Å². The summed E-state index contributed by atoms with van der Waals surface area (Å²) in [7, 11) is -3.58. The van der Waals surface area contributed by atoms with Crippen LogP contribution in [0.1, 0.15) is 5.56 Å². The smallest absolute Gasteiger partial charge is 0.241 e. The van der Waals surface area contributed by atoms with Crippen molar-refractivity contribution >= 4 is 31.7 Å². The number of nitrogens with zero attached hydrogens (tertiary/aromatic N) is 1. The summed E-state index contributed by atoms with van der Waals surface area (Å²) in [6.07, 6.45) is 5.83. The molecular weight excluding hydrogens is 334 g/mol. The second kappa shape index (κ2) is 6.31. The van der Waals surface area contributed by atoms with E-state index in [9.17, 15) is 8.42 Å². The van der Waals surface area contributed by atoms with Crippen molar-refractivity contribution in [2.45, 2.75) is 11.3 Å². The molecule has 0 fully saturated rings. The van der Waals surface area contributed by atoms with E-state index in [0.29, 0.717) is 18.4 Å². The molecule has 0 spiro atoms. The third-order valence-electron chi connectivity index (χ3n) is 4.29. The topological polar surface area (TPSA) is 74.8 Å². The van der Waals surface area contributed by atoms with Gasteiger partial charge in [-0.15, -0.1) is 0 Å². The van der Waals surface area contributed by atoms with Gasteiger partial charge in [0.2, 0.25) is 10.0 Å². The molecule has 0 atom stereocenters. The third kappa shape index (κ3) is 3.01. The van der Waals surface area contributed by atoms with E-state index < -0.39 is 10.0 Å². The summed E-state index contributed by atoms with van der Waals surface area (Å²) in [5, 5.41) is 2.61. The molecule has 0 aliphatic rings. The minimum Gasteiger partial charge on any atom is -0.361 e. The second-order valence-electron chi connectivity index (χ2n) is 5.86. The van der Waals surface area contributed by atoms with Crippen molar-refractivity contribution in [2.24, 2.45) is 0 Å². The van der Waals surface area contributed by atoms with Crippen LogP contribution < -0.4 is 4.72 Å². The molecule has 0 unspecified atom stereocenters. The number of aromatic nitrogens is 2. The van der Waals surface area contributed by atoms with Crippen LogP contribution in [-0.2, 0) is 16.4 Å². The summed E-state index contributed by atoms with van der Waals surface area (Å²) in [5.41, 5.74) is 2.15. The lowest BCUT2D eigenvalue weighted by molar-refractivity contribution is 0.582. The van der Waals surface area contributed by atoms with Crippen LogP contribution in [0.2, 0.25) is 0 Å². The number of sulfonamides is 1. The molecule has 0 radical (unpaired) electrons. The van der Waals surface area contributed by atoms with E-state index in [1.807, 2.05) is 36.5 Å². The first-order valence-corrected chi connectivity index (χ1v) is 9.51. The Bertz CT molecular complexity index is 1140. The van der Waals surface area contributed by atoms with E-state index >= 15 is 0 Å². The van der Waals surface area contributed by atoms with Crippen molar-refractivity contribution in [1.29, 1.82) is 0 Å². The predicted octanol–water partition coefficient (Wildman–Crippen LogP) is 3.24. The van der Waals surface area contributed by atoms with Gasteiger partial charge in [-0.1, -0.05) is 30.3 Å². The Labute approximate surface area is 145 Å². The highest BCUT2D eigenvalue weighted by Gasteiger charge is 2.16. The summed E-state index contributed by atoms with van der Waals surface area (Å²) in [4.78, 5) is 7.53. The van der Waals surface area contributed by atoms with Gasteiger partial charge >= 0.3 is 0 Å². The SMILES string of the molecule is O=S(=O)(NCCc1c[nH]c2ccccc12)c1cccc2cnccc12. The maximum atomic E-state index is 12.7. The molecule has 0 aliphatic heterocycles. The van der Waals surface area contributed by atoms with Crippen LogP contribution in [0, 0.1) is 0 Å². The van der Waals surface area contributed by atoms with E-state index in [1.165, 1.54) is 0 Å². The molecule has 4 aromatic rings. The molecular formula is C19H17N3O2S. The lowest BCUT2D eigenvalue weighted by atomic mass is 10.1. The monoisotopic (exact) mass is 351 g/mol. The van der Waals surface area contributed by atoms with Gasteiger partial charge in [0.25, 0.3) is 0 Å². The highest BCUT2D eigenvalue weighted by atomic mass is 32.2. The fraction of sp³-hybridized carbons (Fsp3) is 0.105. The highest BCUT2D eigenvalue weighted by molar-refractivity contribution is 7.89. The van der Waals surface area contributed by atoms with Gasteiger partial charge in [0.05, 0.1) is 4.90 Å². The summed E-state index contributed by atoms with van der Waals surface area (Å²) in [6, 6.07) is 14.9. The summed E-state index contributed by atoms with van der Waals surface area (Å²) < 4.78 is 28.1. The summed E-state index contributed by atoms with van der Waals surface area (Å²) in [5.74, 6) is 0. The van der Waals surface area contributed by atoms with Gasteiger partial charge in [-0.25, -0.2) is 13.1 Å². The molecule has 2 aromatic carbocycles. The van der Waals surface area contributed by atoms with Crippen molar-refractivity contribution in [3.8, 4) is 0 Å². The number of fused-ring (bicyclic) bond motifs is 2. The van der Waals surface area contributed by atoms with E-state index in [0.717, 1.165) is 21.9 Å². The van der Waals surface area contributed by atoms with E-state index in [2.05, 4.69) is 14.7 Å². The van der Waals surface area contributed by atoms with Crippen LogP contribution in [0.5, 0.6) is 0 Å². The molecule has 0 aliphatic carbocycles. The minimum absolute atomic E-state index is 0.284. The zero-order chi connectivity index (χ0) is 17.3. The van der Waals surface area contributed by atoms with Crippen LogP contribution in [-0.4, -0.2) is 24.9 Å². The average molecular weight is 351 g/mol. The van der Waals surface area contributed by atoms with Gasteiger partial charge < -0.3 is 4.98 Å². The number of benzene rings is 2. The van der Waals surface area contributed by atoms with Gasteiger partial charge in [-0.3, -0.25) is 4.98 Å². The minimum atomic E-state index is -3.58. The molecule has 0 saturated carbocycles. The lowest BCUT2D eigenvalue weighted by Gasteiger charge is -2.09. The van der Waals surface area contributed by atoms with Gasteiger partial charge in [0.1, 0.15) is 0 Å². The number of nitrogens with one attached hydrogen (secondary N) is 2. The number of rotatable bonds is 5. The molecule has 5 nitrogen and oxygen atoms in total. The molecule has 2 heterocycles. The normalized spacial score (nSPS) is 12.0. The van der Waals surface area contributed by atoms with E-state index in [-0.39, 0.29) is 4.90 Å². The maximum Gasteiger partial charge on any atom is 0.241 e. The van der Waals surface area contributed by atoms with E-state index in [4.69, 9.17) is 0 Å². The first-order chi connectivity index (χ1) is 12.1. The molecule has 0 amide bonds. The summed E-state index contributed by atoms with van der Waals surface area (Å²) >= 11 is 0. The number of para-hydroxylation sites is 1. The van der Waals surface area contributed by atoms with Crippen molar-refractivity contribution in [3.05, 3.63) is 72.7 Å². The molecule has 126 valence electrons. The number of aromatic amines is 1. The van der Waals surface area contributed by atoms with Gasteiger partial charge in [-0.2, -0.15) is 0 Å². The van der Waals surface area contributed by atoms with Crippen LogP contribution in [0.15, 0.2) is 72.0 Å². The average Bonchev–Trinajstić information content (AvgIpc) is 3.04. The Morgan fingerprint density at radius 2 is 1.88 bits per heavy atom. The van der Waals surface area contributed by atoms with Crippen LogP contribution in [0.4, 0.5) is 0 Å². The molecule has 25 heavy (non-hydrogen) atoms. The first-order valence-electron chi connectivity index (χ1n) is 8.02. The quantitative estimate of drug-likeness (QED) is 0.580. The third-order valence-corrected chi connectivity index (χ3v) is 5.81. The molecule has 2 N–H and O–H groups in total. The fourth-order valence-corrected chi connectivity index (χ4v) is 4.32. The van der Waals surface area contributed by atoms with Crippen molar-refractivity contribution in [2.75, 3.05) is 6.54 Å². The van der Waals surface area contributed by atoms with Gasteiger partial charge in [-0.05, 0) is 30.2 Å². The van der Waals surface area contributed by atoms with E-state index in [1.54, 1.807) is 30.6 Å². The standard InChI is InChI=1S/C19H17N3O2S/c23-25(24,19-7-3-4-14-12-20-10-9-17(14)19)22-11-8-15-13-21-18-6-2-1-5-16(15)18/h1-7,9-10,12-13,21-22H,8,11H2. The lowest BCUT2D eigenvalue weighted by Crippen LogP contribution is -2.26. The van der Waals surface area contributed by atoms with Gasteiger partial charge in [0, 0.05) is 46.8 Å². The molecule has 0 saturated heterocycles. The zero-order valence-electron chi connectivity index (χ0n) is 13.4. The summed E-state index contributed by atoms with van der Waals surface area (Å²) in [6.45, 7) is 0.339. The highest BCUT2D eigenvalue weighted by Crippen LogP contribution is 2.22. The van der Waals surface area contributed by atoms with Crippen LogP contribution in [0.25, 0.3) is 21.7 Å². The largest absolute Gasteiger partial charge is 0.361 e. The van der Waals surface area contributed by atoms with Crippen molar-refractivity contribution in [1.82, 2.24) is 14.7 Å². The second-order valence-corrected chi connectivity index (χ2v) is 7.60. The number of hydrogen-bond acceptors (Lipinski definition) is 3. The zero-order valence-corrected chi connectivity index (χ0v) is 14.3. The predicted molar refractivity (Wildman–Crippen MR) is 98.9 cm³/mol. The van der Waals surface area contributed by atoms with Crippen molar-refractivity contribution < 1.29 is 8.42 Å². The van der Waals surface area contributed by atoms with Crippen LogP contribution in [0.3, 0.4) is 0 Å². The molecule has 4 rings (SSSR count). The number of hydrogen-bond donors (Lipinski definition) is 2. The Balaban J connectivity index is 1.55. The molecule has 2 aromatic heterocycles. The number of H-pyrrole nitrogens is 1. The molecule has 6 heteroatoms. The maximum absolute atomic E-state index is 12.7. The fourth-order valence-electron chi connectivity index (χ4n) is 3.06. The number of pyridine rings is 1. The Hall–Kier alpha value is -2.70. The molecule has 0 bridgehead atoms. The van der Waals surface area contributed by atoms with Crippen LogP contribution >= 0.6 is 0 Å².